The van der Waals surface area contributed by atoms with Crippen LogP contribution in [-0.4, -0.2) is 0 Å². The van der Waals surface area contributed by atoms with Gasteiger partial charge in [0, 0.05) is 0 Å². The lowest BCUT2D eigenvalue weighted by Gasteiger charge is -2.04. The first kappa shape index (κ1) is 12.0. The molecule has 0 spiro atoms. The predicted octanol–water partition coefficient (Wildman–Crippen LogP) is 3.19. The van der Waals surface area contributed by atoms with E-state index >= 15 is 0 Å². The van der Waals surface area contributed by atoms with Gasteiger partial charge >= 0.3 is 0 Å². The lowest BCUT2D eigenvalue weighted by atomic mass is 10.00. The number of hydrogen-bond acceptors (Lipinski definition) is 0. The average Bonchev–Trinajstić information content (AvgIpc) is 2.70. The van der Waals surface area contributed by atoms with Crippen molar-refractivity contribution < 1.29 is 0 Å². The third kappa shape index (κ3) is 2.39. The molecule has 0 heteroatoms. The Balaban J connectivity index is 2.24. The van der Waals surface area contributed by atoms with Crippen LogP contribution >= 0.6 is 0 Å². The summed E-state index contributed by atoms with van der Waals surface area (Å²) in [6.45, 7) is 2.19. The summed E-state index contributed by atoms with van der Waals surface area (Å²) in [5.74, 6) is 0. The average molecular weight is 246 g/mol. The van der Waals surface area contributed by atoms with E-state index in [0.717, 1.165) is 12.8 Å². The number of benzene rings is 2. The van der Waals surface area contributed by atoms with Crippen LogP contribution in [0.5, 0.6) is 0 Å². The molecule has 0 nitrogen and oxygen atoms in total. The molecule has 0 heterocycles. The zero-order chi connectivity index (χ0) is 13.1. The van der Waals surface area contributed by atoms with Crippen molar-refractivity contribution in [1.29, 1.82) is 0 Å². The van der Waals surface area contributed by atoms with Crippen LogP contribution in [0.2, 0.25) is 0 Å². The second kappa shape index (κ2) is 5.27. The first-order valence-corrected chi connectivity index (χ1v) is 6.94. The SMILES string of the molecule is CCc1ccc(C2=c3ccccc3=CCC=C2)cc1. The minimum Gasteiger partial charge on any atom is -0.0801 e. The van der Waals surface area contributed by atoms with Gasteiger partial charge in [-0.15, -0.1) is 0 Å². The van der Waals surface area contributed by atoms with Gasteiger partial charge in [0.2, 0.25) is 0 Å². The van der Waals surface area contributed by atoms with Crippen LogP contribution in [0.4, 0.5) is 0 Å². The van der Waals surface area contributed by atoms with Gasteiger partial charge in [-0.05, 0) is 40.0 Å². The van der Waals surface area contributed by atoms with Gasteiger partial charge in [-0.1, -0.05) is 73.7 Å². The molecule has 0 unspecified atom stereocenters. The molecular weight excluding hydrogens is 228 g/mol. The molecule has 0 aliphatic heterocycles. The molecule has 94 valence electrons. The zero-order valence-electron chi connectivity index (χ0n) is 11.3. The molecule has 2 aromatic rings. The fourth-order valence-electron chi connectivity index (χ4n) is 2.56. The molecule has 3 rings (SSSR count). The van der Waals surface area contributed by atoms with E-state index in [1.165, 1.54) is 27.1 Å². The summed E-state index contributed by atoms with van der Waals surface area (Å²) in [5.41, 5.74) is 4.02. The molecule has 0 saturated carbocycles. The van der Waals surface area contributed by atoms with Crippen molar-refractivity contribution in [1.82, 2.24) is 0 Å². The maximum atomic E-state index is 2.29. The number of fused-ring (bicyclic) bond motifs is 1. The Morgan fingerprint density at radius 2 is 1.74 bits per heavy atom. The molecule has 1 aliphatic carbocycles. The number of rotatable bonds is 2. The summed E-state index contributed by atoms with van der Waals surface area (Å²) in [7, 11) is 0. The highest BCUT2D eigenvalue weighted by Crippen LogP contribution is 2.15. The second-order valence-electron chi connectivity index (χ2n) is 4.89. The third-order valence-corrected chi connectivity index (χ3v) is 3.68. The molecule has 0 saturated heterocycles. The number of allylic oxidation sites excluding steroid dienone is 2. The summed E-state index contributed by atoms with van der Waals surface area (Å²) in [5, 5.41) is 2.67. The highest BCUT2D eigenvalue weighted by Gasteiger charge is 2.02. The first-order valence-electron chi connectivity index (χ1n) is 6.94. The highest BCUT2D eigenvalue weighted by atomic mass is 14.1. The van der Waals surface area contributed by atoms with E-state index in [2.05, 4.69) is 73.7 Å². The number of aryl methyl sites for hydroxylation is 1. The van der Waals surface area contributed by atoms with Crippen LogP contribution in [-0.2, 0) is 6.42 Å². The van der Waals surface area contributed by atoms with Gasteiger partial charge in [-0.2, -0.15) is 0 Å². The Kier molecular flexibility index (Phi) is 3.33. The van der Waals surface area contributed by atoms with E-state index in [0.29, 0.717) is 0 Å². The standard InChI is InChI=1S/C19H18/c1-2-15-11-13-17(14-12-15)19-10-6-4-8-16-7-3-5-9-18(16)19/h3,5-14H,2,4H2,1H3. The molecule has 0 aromatic heterocycles. The molecular formula is C19H18. The molecule has 2 aromatic carbocycles. The van der Waals surface area contributed by atoms with Crippen molar-refractivity contribution in [2.24, 2.45) is 0 Å². The maximum absolute atomic E-state index is 2.29. The molecule has 0 bridgehead atoms. The summed E-state index contributed by atoms with van der Waals surface area (Å²) < 4.78 is 0. The molecule has 0 fully saturated rings. The van der Waals surface area contributed by atoms with Crippen LogP contribution in [0.3, 0.4) is 0 Å². The Morgan fingerprint density at radius 1 is 0.947 bits per heavy atom. The summed E-state index contributed by atoms with van der Waals surface area (Å²) in [6, 6.07) is 17.6. The predicted molar refractivity (Wildman–Crippen MR) is 82.2 cm³/mol. The molecule has 0 radical (unpaired) electrons. The maximum Gasteiger partial charge on any atom is -0.0109 e. The van der Waals surface area contributed by atoms with Gasteiger partial charge in [0.25, 0.3) is 0 Å². The quantitative estimate of drug-likeness (QED) is 0.763. The molecule has 1 aliphatic rings. The normalized spacial score (nSPS) is 13.6. The second-order valence-corrected chi connectivity index (χ2v) is 4.89. The number of hydrogen-bond donors (Lipinski definition) is 0. The zero-order valence-corrected chi connectivity index (χ0v) is 11.3. The van der Waals surface area contributed by atoms with Crippen LogP contribution in [0.1, 0.15) is 24.5 Å². The van der Waals surface area contributed by atoms with E-state index in [4.69, 9.17) is 0 Å². The van der Waals surface area contributed by atoms with Gasteiger partial charge in [-0.3, -0.25) is 0 Å². The van der Waals surface area contributed by atoms with Gasteiger partial charge < -0.3 is 0 Å². The molecule has 19 heavy (non-hydrogen) atoms. The van der Waals surface area contributed by atoms with E-state index in [1.807, 2.05) is 0 Å². The smallest absolute Gasteiger partial charge is 0.0109 e. The minimum atomic E-state index is 1.01. The van der Waals surface area contributed by atoms with Crippen molar-refractivity contribution in [3.63, 3.8) is 0 Å². The largest absolute Gasteiger partial charge is 0.0801 e. The Labute approximate surface area is 114 Å². The molecule has 0 atom stereocenters. The topological polar surface area (TPSA) is 0 Å². The summed E-state index contributed by atoms with van der Waals surface area (Å²) >= 11 is 0. The van der Waals surface area contributed by atoms with Gasteiger partial charge in [0.15, 0.2) is 0 Å². The van der Waals surface area contributed by atoms with Crippen molar-refractivity contribution in [3.05, 3.63) is 82.2 Å². The molecule has 0 N–H and O–H groups in total. The van der Waals surface area contributed by atoms with E-state index in [1.54, 1.807) is 0 Å². The lowest BCUT2D eigenvalue weighted by Crippen LogP contribution is -2.25. The fourth-order valence-corrected chi connectivity index (χ4v) is 2.56. The van der Waals surface area contributed by atoms with Crippen molar-refractivity contribution in [2.45, 2.75) is 19.8 Å². The van der Waals surface area contributed by atoms with Gasteiger partial charge in [-0.25, -0.2) is 0 Å². The Hall–Kier alpha value is -2.08. The summed E-state index contributed by atoms with van der Waals surface area (Å²) in [6.07, 6.45) is 8.88. The Bertz CT molecular complexity index is 715. The van der Waals surface area contributed by atoms with E-state index in [-0.39, 0.29) is 0 Å². The first-order chi connectivity index (χ1) is 9.38. The minimum absolute atomic E-state index is 1.01. The van der Waals surface area contributed by atoms with Gasteiger partial charge in [0.1, 0.15) is 0 Å². The lowest BCUT2D eigenvalue weighted by molar-refractivity contribution is 1.14. The van der Waals surface area contributed by atoms with Crippen molar-refractivity contribution in [2.75, 3.05) is 0 Å². The van der Waals surface area contributed by atoms with Crippen LogP contribution in [0.15, 0.2) is 60.7 Å². The van der Waals surface area contributed by atoms with Crippen molar-refractivity contribution >= 4 is 11.6 Å². The van der Waals surface area contributed by atoms with Crippen molar-refractivity contribution in [3.8, 4) is 0 Å². The van der Waals surface area contributed by atoms with Crippen LogP contribution < -0.4 is 10.4 Å². The third-order valence-electron chi connectivity index (χ3n) is 3.68. The summed E-state index contributed by atoms with van der Waals surface area (Å²) in [4.78, 5) is 0. The van der Waals surface area contributed by atoms with Crippen LogP contribution in [0, 0.1) is 0 Å². The van der Waals surface area contributed by atoms with E-state index < -0.39 is 0 Å². The fraction of sp³-hybridized carbons (Fsp3) is 0.158. The van der Waals surface area contributed by atoms with Crippen LogP contribution in [0.25, 0.3) is 11.6 Å². The van der Waals surface area contributed by atoms with E-state index in [9.17, 15) is 0 Å². The highest BCUT2D eigenvalue weighted by molar-refractivity contribution is 5.74. The van der Waals surface area contributed by atoms with Gasteiger partial charge in [0.05, 0.1) is 0 Å². The Morgan fingerprint density at radius 3 is 2.53 bits per heavy atom. The monoisotopic (exact) mass is 246 g/mol. The molecule has 0 amide bonds.